The molecule has 0 aliphatic heterocycles. The molecule has 0 spiro atoms. The third-order valence-electron chi connectivity index (χ3n) is 4.70. The summed E-state index contributed by atoms with van der Waals surface area (Å²) in [5.74, 6) is 0.406. The number of amides is 1. The van der Waals surface area contributed by atoms with E-state index in [0.29, 0.717) is 28.0 Å². The second-order valence-corrected chi connectivity index (χ2v) is 7.74. The fourth-order valence-corrected chi connectivity index (χ4v) is 3.52. The van der Waals surface area contributed by atoms with Crippen molar-refractivity contribution in [2.24, 2.45) is 5.10 Å². The highest BCUT2D eigenvalue weighted by Crippen LogP contribution is 2.23. The molecule has 0 radical (unpaired) electrons. The van der Waals surface area contributed by atoms with Crippen molar-refractivity contribution < 1.29 is 9.53 Å². The van der Waals surface area contributed by atoms with Gasteiger partial charge in [-0.1, -0.05) is 41.4 Å². The third kappa shape index (κ3) is 5.38. The van der Waals surface area contributed by atoms with Gasteiger partial charge in [0, 0.05) is 28.0 Å². The maximum atomic E-state index is 12.6. The number of hydrogen-bond acceptors (Lipinski definition) is 3. The van der Waals surface area contributed by atoms with Crippen molar-refractivity contribution in [3.05, 3.63) is 118 Å². The molecular formula is C25H19Cl2N3O2. The fourth-order valence-electron chi connectivity index (χ4n) is 3.06. The summed E-state index contributed by atoms with van der Waals surface area (Å²) in [5.41, 5.74) is 5.57. The van der Waals surface area contributed by atoms with Crippen molar-refractivity contribution in [2.75, 3.05) is 0 Å². The monoisotopic (exact) mass is 463 g/mol. The first kappa shape index (κ1) is 21.7. The summed E-state index contributed by atoms with van der Waals surface area (Å²) in [6.45, 7) is 0.334. The smallest absolute Gasteiger partial charge is 0.273 e. The average Bonchev–Trinajstić information content (AvgIpc) is 3.34. The zero-order valence-electron chi connectivity index (χ0n) is 16.9. The molecule has 0 bridgehead atoms. The first-order valence-electron chi connectivity index (χ1n) is 9.83. The average molecular weight is 464 g/mol. The van der Waals surface area contributed by atoms with Crippen LogP contribution in [0.4, 0.5) is 0 Å². The molecule has 1 amide bonds. The molecule has 0 aliphatic rings. The lowest BCUT2D eigenvalue weighted by Crippen LogP contribution is -2.19. The van der Waals surface area contributed by atoms with Crippen molar-refractivity contribution >= 4 is 35.3 Å². The molecule has 160 valence electrons. The van der Waals surface area contributed by atoms with Crippen molar-refractivity contribution in [1.29, 1.82) is 0 Å². The number of carbonyl (C=O) groups excluding carboxylic acids is 1. The Hall–Kier alpha value is -3.54. The number of para-hydroxylation sites is 1. The van der Waals surface area contributed by atoms with Gasteiger partial charge in [-0.05, 0) is 66.2 Å². The molecule has 0 aliphatic carbocycles. The highest BCUT2D eigenvalue weighted by Gasteiger charge is 2.11. The Kier molecular flexibility index (Phi) is 6.90. The van der Waals surface area contributed by atoms with E-state index in [1.165, 1.54) is 0 Å². The molecule has 0 fully saturated rings. The van der Waals surface area contributed by atoms with Crippen LogP contribution in [-0.4, -0.2) is 16.7 Å². The van der Waals surface area contributed by atoms with Gasteiger partial charge >= 0.3 is 0 Å². The van der Waals surface area contributed by atoms with Crippen LogP contribution in [0.15, 0.2) is 96.4 Å². The number of carbonyl (C=O) groups is 1. The predicted octanol–water partition coefficient (Wildman–Crippen LogP) is 6.13. The minimum Gasteiger partial charge on any atom is -0.489 e. The molecule has 0 atom stereocenters. The minimum atomic E-state index is -0.287. The molecule has 7 heteroatoms. The lowest BCUT2D eigenvalue weighted by molar-refractivity contribution is 0.0955. The molecule has 1 aromatic heterocycles. The second kappa shape index (κ2) is 10.2. The number of hydrazone groups is 1. The van der Waals surface area contributed by atoms with Crippen molar-refractivity contribution in [3.63, 3.8) is 0 Å². The lowest BCUT2D eigenvalue weighted by atomic mass is 10.1. The first-order chi connectivity index (χ1) is 15.6. The third-order valence-corrected chi connectivity index (χ3v) is 5.29. The topological polar surface area (TPSA) is 55.6 Å². The molecule has 0 unspecified atom stereocenters. The number of halogens is 2. The van der Waals surface area contributed by atoms with E-state index in [4.69, 9.17) is 27.9 Å². The maximum absolute atomic E-state index is 12.6. The van der Waals surface area contributed by atoms with Crippen LogP contribution in [0.1, 0.15) is 21.5 Å². The minimum absolute atomic E-state index is 0.287. The SMILES string of the molecule is O=C(N/N=C\c1ccc(OCc2ccc(Cl)cc2Cl)cc1)c1ccccc1-n1cccc1. The highest BCUT2D eigenvalue weighted by molar-refractivity contribution is 6.35. The number of aromatic nitrogens is 1. The van der Waals surface area contributed by atoms with E-state index < -0.39 is 0 Å². The number of hydrogen-bond donors (Lipinski definition) is 1. The normalized spacial score (nSPS) is 10.9. The van der Waals surface area contributed by atoms with Crippen LogP contribution in [-0.2, 0) is 6.61 Å². The summed E-state index contributed by atoms with van der Waals surface area (Å²) in [4.78, 5) is 12.6. The van der Waals surface area contributed by atoms with E-state index in [2.05, 4.69) is 10.5 Å². The first-order valence-corrected chi connectivity index (χ1v) is 10.6. The van der Waals surface area contributed by atoms with E-state index >= 15 is 0 Å². The largest absolute Gasteiger partial charge is 0.489 e. The summed E-state index contributed by atoms with van der Waals surface area (Å²) < 4.78 is 7.66. The van der Waals surface area contributed by atoms with Crippen molar-refractivity contribution in [1.82, 2.24) is 9.99 Å². The number of rotatable bonds is 7. The Morgan fingerprint density at radius 1 is 0.969 bits per heavy atom. The molecule has 0 saturated heterocycles. The van der Waals surface area contributed by atoms with E-state index in [9.17, 15) is 4.79 Å². The molecule has 4 rings (SSSR count). The summed E-state index contributed by atoms with van der Waals surface area (Å²) in [7, 11) is 0. The van der Waals surface area contributed by atoms with Crippen molar-refractivity contribution in [3.8, 4) is 11.4 Å². The van der Waals surface area contributed by atoms with Gasteiger partial charge in [0.15, 0.2) is 0 Å². The van der Waals surface area contributed by atoms with Crippen LogP contribution in [0.2, 0.25) is 10.0 Å². The summed E-state index contributed by atoms with van der Waals surface area (Å²) in [5, 5.41) is 5.23. The lowest BCUT2D eigenvalue weighted by Gasteiger charge is -2.09. The summed E-state index contributed by atoms with van der Waals surface area (Å²) >= 11 is 12.1. The maximum Gasteiger partial charge on any atom is 0.273 e. The predicted molar refractivity (Wildman–Crippen MR) is 128 cm³/mol. The Balaban J connectivity index is 1.35. The Bertz CT molecular complexity index is 1240. The number of nitrogens with one attached hydrogen (secondary N) is 1. The van der Waals surface area contributed by atoms with Gasteiger partial charge in [0.1, 0.15) is 12.4 Å². The molecule has 3 aromatic carbocycles. The van der Waals surface area contributed by atoms with Crippen LogP contribution in [0.25, 0.3) is 5.69 Å². The molecule has 5 nitrogen and oxygen atoms in total. The van der Waals surface area contributed by atoms with Crippen LogP contribution < -0.4 is 10.2 Å². The van der Waals surface area contributed by atoms with Gasteiger partial charge in [0.05, 0.1) is 17.5 Å². The van der Waals surface area contributed by atoms with E-state index in [1.807, 2.05) is 77.6 Å². The summed E-state index contributed by atoms with van der Waals surface area (Å²) in [6, 6.07) is 23.8. The van der Waals surface area contributed by atoms with Gasteiger partial charge in [-0.3, -0.25) is 4.79 Å². The van der Waals surface area contributed by atoms with Gasteiger partial charge in [-0.2, -0.15) is 5.10 Å². The van der Waals surface area contributed by atoms with Gasteiger partial charge in [0.25, 0.3) is 5.91 Å². The zero-order chi connectivity index (χ0) is 22.3. The molecule has 1 heterocycles. The Labute approximate surface area is 195 Å². The molecule has 1 N–H and O–H groups in total. The second-order valence-electron chi connectivity index (χ2n) is 6.90. The number of ether oxygens (including phenoxy) is 1. The van der Waals surface area contributed by atoms with E-state index in [1.54, 1.807) is 24.4 Å². The highest BCUT2D eigenvalue weighted by atomic mass is 35.5. The fraction of sp³-hybridized carbons (Fsp3) is 0.0400. The number of nitrogens with zero attached hydrogens (tertiary/aromatic N) is 2. The molecule has 0 saturated carbocycles. The van der Waals surface area contributed by atoms with Gasteiger partial charge in [-0.25, -0.2) is 5.43 Å². The Morgan fingerprint density at radius 2 is 1.72 bits per heavy atom. The Morgan fingerprint density at radius 3 is 2.47 bits per heavy atom. The van der Waals surface area contributed by atoms with E-state index in [-0.39, 0.29) is 5.91 Å². The zero-order valence-corrected chi connectivity index (χ0v) is 18.4. The van der Waals surface area contributed by atoms with Crippen LogP contribution in [0.5, 0.6) is 5.75 Å². The molecule has 32 heavy (non-hydrogen) atoms. The molecule has 4 aromatic rings. The quantitative estimate of drug-likeness (QED) is 0.264. The van der Waals surface area contributed by atoms with Gasteiger partial charge < -0.3 is 9.30 Å². The van der Waals surface area contributed by atoms with Crippen LogP contribution >= 0.6 is 23.2 Å². The van der Waals surface area contributed by atoms with Crippen molar-refractivity contribution in [2.45, 2.75) is 6.61 Å². The van der Waals surface area contributed by atoms with Crippen LogP contribution in [0, 0.1) is 0 Å². The molecular weight excluding hydrogens is 445 g/mol. The van der Waals surface area contributed by atoms with Gasteiger partial charge in [0.2, 0.25) is 0 Å². The van der Waals surface area contributed by atoms with Gasteiger partial charge in [-0.15, -0.1) is 0 Å². The number of benzene rings is 3. The summed E-state index contributed by atoms with van der Waals surface area (Å²) in [6.07, 6.45) is 5.36. The van der Waals surface area contributed by atoms with Crippen LogP contribution in [0.3, 0.4) is 0 Å². The standard InChI is InChI=1S/C25H19Cl2N3O2/c26-20-10-9-19(23(27)15-20)17-32-21-11-7-18(8-12-21)16-28-29-25(31)22-5-1-2-6-24(22)30-13-3-4-14-30/h1-16H,17H2,(H,29,31)/b28-16-. The van der Waals surface area contributed by atoms with E-state index in [0.717, 1.165) is 16.8 Å².